The van der Waals surface area contributed by atoms with Gasteiger partial charge < -0.3 is 10.6 Å². The van der Waals surface area contributed by atoms with E-state index >= 15 is 0 Å². The molecule has 0 aromatic heterocycles. The van der Waals surface area contributed by atoms with E-state index in [-0.39, 0.29) is 18.3 Å². The van der Waals surface area contributed by atoms with Gasteiger partial charge >= 0.3 is 0 Å². The maximum absolute atomic E-state index is 12.5. The number of hydrogen-bond donors (Lipinski definition) is 1. The van der Waals surface area contributed by atoms with Crippen LogP contribution in [0.15, 0.2) is 18.2 Å². The number of anilines is 1. The quantitative estimate of drug-likeness (QED) is 0.838. The van der Waals surface area contributed by atoms with Gasteiger partial charge in [-0.05, 0) is 43.9 Å². The number of halogens is 1. The Morgan fingerprint density at radius 3 is 2.89 bits per heavy atom. The van der Waals surface area contributed by atoms with Crippen LogP contribution in [0.5, 0.6) is 0 Å². The van der Waals surface area contributed by atoms with Gasteiger partial charge in [-0.3, -0.25) is 4.79 Å². The summed E-state index contributed by atoms with van der Waals surface area (Å²) in [5, 5.41) is 0. The van der Waals surface area contributed by atoms with Crippen molar-refractivity contribution in [3.63, 3.8) is 0 Å². The molecule has 0 aliphatic carbocycles. The number of hydrogen-bond acceptors (Lipinski definition) is 2. The molecule has 0 spiro atoms. The van der Waals surface area contributed by atoms with E-state index in [1.165, 1.54) is 0 Å². The first kappa shape index (κ1) is 14.8. The zero-order chi connectivity index (χ0) is 12.4. The molecule has 1 aromatic rings. The van der Waals surface area contributed by atoms with E-state index in [1.54, 1.807) is 6.07 Å². The van der Waals surface area contributed by atoms with Gasteiger partial charge in [0.05, 0.1) is 0 Å². The molecule has 4 heteroatoms. The Morgan fingerprint density at radius 1 is 1.50 bits per heavy atom. The molecule has 2 N–H and O–H groups in total. The number of rotatable bonds is 2. The summed E-state index contributed by atoms with van der Waals surface area (Å²) >= 11 is 0. The summed E-state index contributed by atoms with van der Waals surface area (Å²) in [6, 6.07) is 5.96. The fraction of sp³-hybridized carbons (Fsp3) is 0.500. The molecular weight excluding hydrogens is 248 g/mol. The first-order valence-electron chi connectivity index (χ1n) is 6.30. The van der Waals surface area contributed by atoms with Crippen molar-refractivity contribution in [3.05, 3.63) is 29.3 Å². The SMILES string of the molecule is CCC1CCCN1C(=O)c1cc(N)ccc1C.Cl. The Kier molecular flexibility index (Phi) is 5.03. The molecule has 2 rings (SSSR count). The third kappa shape index (κ3) is 2.78. The molecule has 0 radical (unpaired) electrons. The number of nitrogen functional groups attached to an aromatic ring is 1. The third-order valence-corrected chi connectivity index (χ3v) is 3.60. The topological polar surface area (TPSA) is 46.3 Å². The van der Waals surface area contributed by atoms with E-state index in [9.17, 15) is 4.79 Å². The van der Waals surface area contributed by atoms with Crippen molar-refractivity contribution < 1.29 is 4.79 Å². The second-order valence-electron chi connectivity index (χ2n) is 4.78. The van der Waals surface area contributed by atoms with E-state index in [0.29, 0.717) is 11.7 Å². The lowest BCUT2D eigenvalue weighted by molar-refractivity contribution is 0.0733. The van der Waals surface area contributed by atoms with Crippen LogP contribution in [0.2, 0.25) is 0 Å². The van der Waals surface area contributed by atoms with E-state index in [1.807, 2.05) is 24.0 Å². The molecule has 3 nitrogen and oxygen atoms in total. The van der Waals surface area contributed by atoms with Gasteiger partial charge in [0.25, 0.3) is 5.91 Å². The second kappa shape index (κ2) is 6.10. The Labute approximate surface area is 115 Å². The van der Waals surface area contributed by atoms with Crippen LogP contribution in [-0.4, -0.2) is 23.4 Å². The molecule has 1 saturated heterocycles. The molecule has 1 atom stereocenters. The molecule has 1 aromatic carbocycles. The first-order chi connectivity index (χ1) is 8.13. The Morgan fingerprint density at radius 2 is 2.22 bits per heavy atom. The lowest BCUT2D eigenvalue weighted by atomic mass is 10.1. The molecule has 0 bridgehead atoms. The largest absolute Gasteiger partial charge is 0.399 e. The van der Waals surface area contributed by atoms with Gasteiger partial charge in [-0.15, -0.1) is 12.4 Å². The van der Waals surface area contributed by atoms with Crippen molar-refractivity contribution in [1.82, 2.24) is 4.90 Å². The summed E-state index contributed by atoms with van der Waals surface area (Å²) in [4.78, 5) is 14.5. The minimum atomic E-state index is 0. The molecule has 1 aliphatic rings. The zero-order valence-corrected chi connectivity index (χ0v) is 11.8. The highest BCUT2D eigenvalue weighted by Crippen LogP contribution is 2.24. The number of nitrogens with zero attached hydrogens (tertiary/aromatic N) is 1. The molecule has 0 saturated carbocycles. The molecule has 1 amide bonds. The van der Waals surface area contributed by atoms with Crippen LogP contribution in [0, 0.1) is 6.92 Å². The van der Waals surface area contributed by atoms with Crippen LogP contribution < -0.4 is 5.73 Å². The van der Waals surface area contributed by atoms with E-state index < -0.39 is 0 Å². The average molecular weight is 269 g/mol. The standard InChI is InChI=1S/C14H20N2O.ClH/c1-3-12-5-4-8-16(12)14(17)13-9-11(15)7-6-10(13)2;/h6-7,9,12H,3-5,8,15H2,1-2H3;1H. The van der Waals surface area contributed by atoms with Crippen LogP contribution in [0.3, 0.4) is 0 Å². The third-order valence-electron chi connectivity index (χ3n) is 3.60. The number of benzene rings is 1. The number of aryl methyl sites for hydroxylation is 1. The molecule has 1 heterocycles. The van der Waals surface area contributed by atoms with E-state index in [2.05, 4.69) is 6.92 Å². The smallest absolute Gasteiger partial charge is 0.254 e. The number of carbonyl (C=O) groups is 1. The molecule has 18 heavy (non-hydrogen) atoms. The highest BCUT2D eigenvalue weighted by Gasteiger charge is 2.28. The van der Waals surface area contributed by atoms with Gasteiger partial charge in [0.1, 0.15) is 0 Å². The summed E-state index contributed by atoms with van der Waals surface area (Å²) in [5.41, 5.74) is 8.18. The summed E-state index contributed by atoms with van der Waals surface area (Å²) in [7, 11) is 0. The van der Waals surface area contributed by atoms with Gasteiger partial charge in [0.2, 0.25) is 0 Å². The number of carbonyl (C=O) groups excluding carboxylic acids is 1. The van der Waals surface area contributed by atoms with Crippen LogP contribution in [0.4, 0.5) is 5.69 Å². The molecule has 100 valence electrons. The van der Waals surface area contributed by atoms with Crippen LogP contribution in [0.1, 0.15) is 42.1 Å². The zero-order valence-electron chi connectivity index (χ0n) is 11.0. The van der Waals surface area contributed by atoms with Crippen molar-refractivity contribution in [1.29, 1.82) is 0 Å². The Bertz CT molecular complexity index is 434. The van der Waals surface area contributed by atoms with Crippen LogP contribution in [0.25, 0.3) is 0 Å². The van der Waals surface area contributed by atoms with Crippen molar-refractivity contribution in [2.45, 2.75) is 39.2 Å². The lowest BCUT2D eigenvalue weighted by Crippen LogP contribution is -2.35. The maximum Gasteiger partial charge on any atom is 0.254 e. The van der Waals surface area contributed by atoms with Crippen LogP contribution >= 0.6 is 12.4 Å². The van der Waals surface area contributed by atoms with E-state index in [0.717, 1.165) is 36.9 Å². The van der Waals surface area contributed by atoms with Gasteiger partial charge in [0, 0.05) is 23.8 Å². The summed E-state index contributed by atoms with van der Waals surface area (Å²) in [6.45, 7) is 4.98. The van der Waals surface area contributed by atoms with Gasteiger partial charge in [0.15, 0.2) is 0 Å². The summed E-state index contributed by atoms with van der Waals surface area (Å²) in [5.74, 6) is 0.138. The Hall–Kier alpha value is -1.22. The van der Waals surface area contributed by atoms with Gasteiger partial charge in [-0.25, -0.2) is 0 Å². The normalized spacial score (nSPS) is 18.6. The second-order valence-corrected chi connectivity index (χ2v) is 4.78. The highest BCUT2D eigenvalue weighted by molar-refractivity contribution is 5.96. The Balaban J connectivity index is 0.00000162. The lowest BCUT2D eigenvalue weighted by Gasteiger charge is -2.24. The summed E-state index contributed by atoms with van der Waals surface area (Å²) < 4.78 is 0. The minimum Gasteiger partial charge on any atom is -0.399 e. The molecule has 1 fully saturated rings. The van der Waals surface area contributed by atoms with Crippen molar-refractivity contribution >= 4 is 24.0 Å². The fourth-order valence-corrected chi connectivity index (χ4v) is 2.55. The first-order valence-corrected chi connectivity index (χ1v) is 6.30. The molecule has 1 aliphatic heterocycles. The monoisotopic (exact) mass is 268 g/mol. The molecular formula is C14H21ClN2O. The average Bonchev–Trinajstić information content (AvgIpc) is 2.79. The van der Waals surface area contributed by atoms with Crippen molar-refractivity contribution in [3.8, 4) is 0 Å². The van der Waals surface area contributed by atoms with Gasteiger partial charge in [-0.2, -0.15) is 0 Å². The molecule has 1 unspecified atom stereocenters. The predicted octanol–water partition coefficient (Wildman–Crippen LogP) is 3.01. The number of amides is 1. The minimum absolute atomic E-state index is 0. The van der Waals surface area contributed by atoms with Crippen LogP contribution in [-0.2, 0) is 0 Å². The fourth-order valence-electron chi connectivity index (χ4n) is 2.55. The highest BCUT2D eigenvalue weighted by atomic mass is 35.5. The predicted molar refractivity (Wildman–Crippen MR) is 77.2 cm³/mol. The maximum atomic E-state index is 12.5. The van der Waals surface area contributed by atoms with Crippen molar-refractivity contribution in [2.75, 3.05) is 12.3 Å². The number of nitrogens with two attached hydrogens (primary N) is 1. The van der Waals surface area contributed by atoms with Gasteiger partial charge in [-0.1, -0.05) is 13.0 Å². The summed E-state index contributed by atoms with van der Waals surface area (Å²) in [6.07, 6.45) is 3.28. The van der Waals surface area contributed by atoms with E-state index in [4.69, 9.17) is 5.73 Å². The van der Waals surface area contributed by atoms with Crippen molar-refractivity contribution in [2.24, 2.45) is 0 Å². The number of likely N-dealkylation sites (tertiary alicyclic amines) is 1.